The summed E-state index contributed by atoms with van der Waals surface area (Å²) >= 11 is 3.46. The largest absolute Gasteiger partial charge is 0.467 e. The monoisotopic (exact) mass is 339 g/mol. The van der Waals surface area contributed by atoms with Gasteiger partial charge in [-0.25, -0.2) is 4.79 Å². The molecule has 1 fully saturated rings. The molecule has 0 amide bonds. The van der Waals surface area contributed by atoms with Gasteiger partial charge in [0.25, 0.3) is 0 Å². The van der Waals surface area contributed by atoms with Crippen LogP contribution in [0, 0.1) is 11.3 Å². The molecule has 20 heavy (non-hydrogen) atoms. The molecule has 0 spiro atoms. The van der Waals surface area contributed by atoms with E-state index in [9.17, 15) is 4.79 Å². The minimum absolute atomic E-state index is 0.132. The van der Waals surface area contributed by atoms with Crippen molar-refractivity contribution in [3.05, 3.63) is 28.7 Å². The van der Waals surface area contributed by atoms with Crippen LogP contribution in [0.5, 0.6) is 0 Å². The van der Waals surface area contributed by atoms with Gasteiger partial charge in [-0.2, -0.15) is 0 Å². The van der Waals surface area contributed by atoms with E-state index < -0.39 is 5.54 Å². The van der Waals surface area contributed by atoms with Gasteiger partial charge in [0.15, 0.2) is 0 Å². The summed E-state index contributed by atoms with van der Waals surface area (Å²) in [7, 11) is 1.46. The quantitative estimate of drug-likeness (QED) is 0.837. The van der Waals surface area contributed by atoms with Gasteiger partial charge in [0.2, 0.25) is 0 Å². The minimum atomic E-state index is -0.640. The highest BCUT2D eigenvalue weighted by molar-refractivity contribution is 9.10. The Balaban J connectivity index is 2.36. The Morgan fingerprint density at radius 3 is 2.65 bits per heavy atom. The Bertz CT molecular complexity index is 515. The predicted octanol–water partition coefficient (Wildman–Crippen LogP) is 4.23. The highest BCUT2D eigenvalue weighted by Gasteiger charge is 2.54. The van der Waals surface area contributed by atoms with Crippen molar-refractivity contribution in [3.8, 4) is 0 Å². The van der Waals surface area contributed by atoms with Crippen molar-refractivity contribution in [2.45, 2.75) is 39.2 Å². The van der Waals surface area contributed by atoms with Crippen LogP contribution in [0.3, 0.4) is 0 Å². The van der Waals surface area contributed by atoms with Gasteiger partial charge in [0.05, 0.1) is 7.11 Å². The molecule has 1 aliphatic rings. The average molecular weight is 340 g/mol. The number of rotatable bonds is 3. The summed E-state index contributed by atoms with van der Waals surface area (Å²) in [6.45, 7) is 6.53. The van der Waals surface area contributed by atoms with Crippen molar-refractivity contribution >= 4 is 27.6 Å². The summed E-state index contributed by atoms with van der Waals surface area (Å²) in [6.07, 6.45) is 1.78. The lowest BCUT2D eigenvalue weighted by Gasteiger charge is -2.33. The number of halogens is 1. The van der Waals surface area contributed by atoms with Crippen LogP contribution < -0.4 is 5.32 Å². The van der Waals surface area contributed by atoms with Crippen LogP contribution in [-0.2, 0) is 9.53 Å². The maximum atomic E-state index is 12.4. The second-order valence-corrected chi connectivity index (χ2v) is 7.46. The number of carbonyl (C=O) groups excluding carboxylic acids is 1. The fourth-order valence-electron chi connectivity index (χ4n) is 3.50. The first kappa shape index (κ1) is 15.4. The maximum Gasteiger partial charge on any atom is 0.331 e. The number of carbonyl (C=O) groups is 1. The van der Waals surface area contributed by atoms with Crippen LogP contribution in [0.2, 0.25) is 0 Å². The lowest BCUT2D eigenvalue weighted by Crippen LogP contribution is -2.49. The average Bonchev–Trinajstić information content (AvgIpc) is 2.58. The number of hydrogen-bond donors (Lipinski definition) is 1. The summed E-state index contributed by atoms with van der Waals surface area (Å²) in [6, 6.07) is 7.90. The van der Waals surface area contributed by atoms with Gasteiger partial charge < -0.3 is 10.1 Å². The third-order valence-corrected chi connectivity index (χ3v) is 4.69. The molecule has 0 aliphatic heterocycles. The number of hydrogen-bond acceptors (Lipinski definition) is 3. The maximum absolute atomic E-state index is 12.4. The fraction of sp³-hybridized carbons (Fsp3) is 0.562. The molecule has 1 aromatic rings. The molecule has 2 atom stereocenters. The summed E-state index contributed by atoms with van der Waals surface area (Å²) in [4.78, 5) is 12.4. The molecule has 1 aliphatic carbocycles. The molecule has 0 heterocycles. The van der Waals surface area contributed by atoms with E-state index in [-0.39, 0.29) is 17.3 Å². The van der Waals surface area contributed by atoms with E-state index in [0.29, 0.717) is 0 Å². The molecule has 110 valence electrons. The zero-order chi connectivity index (χ0) is 15.0. The molecule has 2 rings (SSSR count). The minimum Gasteiger partial charge on any atom is -0.467 e. The summed E-state index contributed by atoms with van der Waals surface area (Å²) < 4.78 is 6.08. The van der Waals surface area contributed by atoms with E-state index in [2.05, 4.69) is 42.0 Å². The SMILES string of the molecule is COC(=O)C1(Nc2cccc(Br)c2)CC(C)(C)CC1C. The molecular formula is C16H22BrNO2. The van der Waals surface area contributed by atoms with Crippen LogP contribution >= 0.6 is 15.9 Å². The second-order valence-electron chi connectivity index (χ2n) is 6.54. The molecule has 0 aromatic heterocycles. The Morgan fingerprint density at radius 1 is 1.45 bits per heavy atom. The third kappa shape index (κ3) is 2.85. The Hall–Kier alpha value is -1.03. The van der Waals surface area contributed by atoms with Gasteiger partial charge >= 0.3 is 5.97 Å². The van der Waals surface area contributed by atoms with E-state index >= 15 is 0 Å². The normalized spacial score (nSPS) is 28.1. The van der Waals surface area contributed by atoms with Crippen molar-refractivity contribution in [2.24, 2.45) is 11.3 Å². The van der Waals surface area contributed by atoms with Crippen molar-refractivity contribution in [2.75, 3.05) is 12.4 Å². The van der Waals surface area contributed by atoms with Gasteiger partial charge in [-0.15, -0.1) is 0 Å². The first-order chi connectivity index (χ1) is 9.29. The standard InChI is InChI=1S/C16H22BrNO2/c1-11-9-15(2,3)10-16(11,14(19)20-4)18-13-7-5-6-12(17)8-13/h5-8,11,18H,9-10H2,1-4H3. The molecule has 1 N–H and O–H groups in total. The van der Waals surface area contributed by atoms with E-state index in [4.69, 9.17) is 4.74 Å². The zero-order valence-corrected chi connectivity index (χ0v) is 14.1. The van der Waals surface area contributed by atoms with Crippen LogP contribution in [0.25, 0.3) is 0 Å². The van der Waals surface area contributed by atoms with Gasteiger partial charge in [-0.3, -0.25) is 0 Å². The second kappa shape index (κ2) is 5.40. The number of benzene rings is 1. The Kier molecular flexibility index (Phi) is 4.14. The Morgan fingerprint density at radius 2 is 2.15 bits per heavy atom. The molecule has 1 aromatic carbocycles. The van der Waals surface area contributed by atoms with E-state index in [1.54, 1.807) is 0 Å². The zero-order valence-electron chi connectivity index (χ0n) is 12.5. The number of esters is 1. The first-order valence-electron chi connectivity index (χ1n) is 6.91. The Labute approximate surface area is 129 Å². The third-order valence-electron chi connectivity index (χ3n) is 4.20. The van der Waals surface area contributed by atoms with Crippen molar-refractivity contribution in [1.82, 2.24) is 0 Å². The molecule has 0 saturated heterocycles. The molecule has 0 bridgehead atoms. The summed E-state index contributed by atoms with van der Waals surface area (Å²) in [5.41, 5.74) is 0.431. The fourth-order valence-corrected chi connectivity index (χ4v) is 3.90. The molecule has 4 heteroatoms. The van der Waals surface area contributed by atoms with E-state index in [0.717, 1.165) is 23.0 Å². The number of nitrogens with one attached hydrogen (secondary N) is 1. The highest BCUT2D eigenvalue weighted by atomic mass is 79.9. The molecule has 0 radical (unpaired) electrons. The topological polar surface area (TPSA) is 38.3 Å². The van der Waals surface area contributed by atoms with E-state index in [1.165, 1.54) is 7.11 Å². The van der Waals surface area contributed by atoms with Gasteiger partial charge in [0.1, 0.15) is 5.54 Å². The number of methoxy groups -OCH3 is 1. The van der Waals surface area contributed by atoms with Crippen LogP contribution in [0.1, 0.15) is 33.6 Å². The summed E-state index contributed by atoms with van der Waals surface area (Å²) in [5.74, 6) is 0.0551. The lowest BCUT2D eigenvalue weighted by atomic mass is 9.86. The molecule has 1 saturated carbocycles. The van der Waals surface area contributed by atoms with Gasteiger partial charge in [0, 0.05) is 10.2 Å². The van der Waals surface area contributed by atoms with Gasteiger partial charge in [-0.1, -0.05) is 42.8 Å². The molecule has 2 unspecified atom stereocenters. The van der Waals surface area contributed by atoms with Gasteiger partial charge in [-0.05, 0) is 42.4 Å². The van der Waals surface area contributed by atoms with Crippen molar-refractivity contribution in [1.29, 1.82) is 0 Å². The number of ether oxygens (including phenoxy) is 1. The van der Waals surface area contributed by atoms with Crippen molar-refractivity contribution in [3.63, 3.8) is 0 Å². The lowest BCUT2D eigenvalue weighted by molar-refractivity contribution is -0.147. The first-order valence-corrected chi connectivity index (χ1v) is 7.70. The highest BCUT2D eigenvalue weighted by Crippen LogP contribution is 2.49. The molecule has 3 nitrogen and oxygen atoms in total. The smallest absolute Gasteiger partial charge is 0.331 e. The molecular weight excluding hydrogens is 318 g/mol. The number of anilines is 1. The summed E-state index contributed by atoms with van der Waals surface area (Å²) in [5, 5.41) is 3.45. The van der Waals surface area contributed by atoms with Crippen LogP contribution in [0.4, 0.5) is 5.69 Å². The van der Waals surface area contributed by atoms with Crippen LogP contribution in [0.15, 0.2) is 28.7 Å². The van der Waals surface area contributed by atoms with Crippen molar-refractivity contribution < 1.29 is 9.53 Å². The predicted molar refractivity (Wildman–Crippen MR) is 84.7 cm³/mol. The van der Waals surface area contributed by atoms with E-state index in [1.807, 2.05) is 24.3 Å². The van der Waals surface area contributed by atoms with Crippen LogP contribution in [-0.4, -0.2) is 18.6 Å².